The summed E-state index contributed by atoms with van der Waals surface area (Å²) in [5, 5.41) is 5.50. The van der Waals surface area contributed by atoms with Crippen molar-refractivity contribution >= 4 is 28.4 Å². The van der Waals surface area contributed by atoms with Gasteiger partial charge in [-0.2, -0.15) is 5.10 Å². The van der Waals surface area contributed by atoms with Crippen LogP contribution >= 0.6 is 11.6 Å². The number of hydrogen-bond donors (Lipinski definition) is 0. The fraction of sp³-hybridized carbons (Fsp3) is 0. The first-order valence-electron chi connectivity index (χ1n) is 7.42. The third-order valence-electron chi connectivity index (χ3n) is 3.80. The zero-order valence-electron chi connectivity index (χ0n) is 12.6. The van der Waals surface area contributed by atoms with E-state index in [1.54, 1.807) is 24.5 Å². The van der Waals surface area contributed by atoms with Crippen molar-refractivity contribution in [2.45, 2.75) is 0 Å². The average molecular weight is 334 g/mol. The minimum Gasteiger partial charge on any atom is -0.267 e. The summed E-state index contributed by atoms with van der Waals surface area (Å²) in [6.45, 7) is 0. The van der Waals surface area contributed by atoms with Crippen LogP contribution in [0.5, 0.6) is 0 Å². The lowest BCUT2D eigenvalue weighted by Gasteiger charge is -2.09. The smallest absolute Gasteiger partial charge is 0.267 e. The first-order valence-corrected chi connectivity index (χ1v) is 7.80. The molecule has 0 aliphatic heterocycles. The molecular weight excluding hydrogens is 322 g/mol. The molecule has 0 radical (unpaired) electrons. The van der Waals surface area contributed by atoms with E-state index in [2.05, 4.69) is 10.1 Å². The maximum atomic E-state index is 12.8. The number of rotatable bonds is 2. The van der Waals surface area contributed by atoms with Gasteiger partial charge in [-0.3, -0.25) is 4.79 Å². The Labute approximate surface area is 143 Å². The monoisotopic (exact) mass is 333 g/mol. The molecule has 0 unspecified atom stereocenters. The molecule has 0 atom stereocenters. The van der Waals surface area contributed by atoms with Gasteiger partial charge in [0, 0.05) is 28.4 Å². The third kappa shape index (κ3) is 2.57. The van der Waals surface area contributed by atoms with Gasteiger partial charge in [0.25, 0.3) is 5.91 Å². The number of para-hydroxylation sites is 1. The number of benzene rings is 2. The van der Waals surface area contributed by atoms with Crippen LogP contribution in [-0.4, -0.2) is 20.7 Å². The first-order chi connectivity index (χ1) is 11.7. The van der Waals surface area contributed by atoms with Crippen LogP contribution in [0.2, 0.25) is 5.02 Å². The molecule has 4 nitrogen and oxygen atoms in total. The van der Waals surface area contributed by atoms with Crippen molar-refractivity contribution in [3.63, 3.8) is 0 Å². The van der Waals surface area contributed by atoms with Gasteiger partial charge in [0.2, 0.25) is 0 Å². The minimum absolute atomic E-state index is 0.186. The Morgan fingerprint density at radius 2 is 1.79 bits per heavy atom. The maximum absolute atomic E-state index is 12.8. The number of carbonyl (C=O) groups excluding carboxylic acids is 1. The van der Waals surface area contributed by atoms with E-state index < -0.39 is 0 Å². The van der Waals surface area contributed by atoms with Crippen molar-refractivity contribution in [3.8, 4) is 11.3 Å². The lowest BCUT2D eigenvalue weighted by molar-refractivity contribution is 0.0946. The summed E-state index contributed by atoms with van der Waals surface area (Å²) >= 11 is 5.96. The van der Waals surface area contributed by atoms with Crippen molar-refractivity contribution in [2.24, 2.45) is 0 Å². The number of hydrogen-bond acceptors (Lipinski definition) is 3. The lowest BCUT2D eigenvalue weighted by atomic mass is 10.0. The number of nitrogens with zero attached hydrogens (tertiary/aromatic N) is 3. The van der Waals surface area contributed by atoms with Crippen LogP contribution in [0.1, 0.15) is 10.4 Å². The predicted octanol–water partition coefficient (Wildman–Crippen LogP) is 4.44. The maximum Gasteiger partial charge on any atom is 0.278 e. The van der Waals surface area contributed by atoms with Gasteiger partial charge in [-0.15, -0.1) is 0 Å². The van der Waals surface area contributed by atoms with Crippen molar-refractivity contribution in [2.75, 3.05) is 0 Å². The number of aromatic nitrogens is 3. The molecule has 5 heteroatoms. The third-order valence-corrected chi connectivity index (χ3v) is 4.05. The van der Waals surface area contributed by atoms with Gasteiger partial charge in [0.05, 0.1) is 16.8 Å². The fourth-order valence-electron chi connectivity index (χ4n) is 2.63. The molecule has 0 aliphatic rings. The van der Waals surface area contributed by atoms with E-state index in [1.165, 1.54) is 4.68 Å². The largest absolute Gasteiger partial charge is 0.278 e. The molecule has 2 aromatic carbocycles. The van der Waals surface area contributed by atoms with Gasteiger partial charge in [0.1, 0.15) is 0 Å². The number of pyridine rings is 1. The van der Waals surface area contributed by atoms with E-state index in [0.29, 0.717) is 10.6 Å². The summed E-state index contributed by atoms with van der Waals surface area (Å²) in [7, 11) is 0. The molecule has 0 N–H and O–H groups in total. The summed E-state index contributed by atoms with van der Waals surface area (Å²) in [6, 6.07) is 18.5. The second-order valence-electron chi connectivity index (χ2n) is 5.33. The highest BCUT2D eigenvalue weighted by Gasteiger charge is 2.15. The molecule has 4 aromatic rings. The Bertz CT molecular complexity index is 1020. The summed E-state index contributed by atoms with van der Waals surface area (Å²) in [5.41, 5.74) is 2.95. The standard InChI is InChI=1S/C19H12ClN3O/c20-14-8-6-13(7-9-14)18-12-16(19(24)23-11-3-10-21-23)15-4-1-2-5-17(15)22-18/h1-12H. The van der Waals surface area contributed by atoms with Crippen LogP contribution in [0.3, 0.4) is 0 Å². The average Bonchev–Trinajstić information content (AvgIpc) is 3.15. The van der Waals surface area contributed by atoms with Crippen molar-refractivity contribution < 1.29 is 4.79 Å². The van der Waals surface area contributed by atoms with Gasteiger partial charge in [-0.05, 0) is 30.3 Å². The van der Waals surface area contributed by atoms with Gasteiger partial charge in [0.15, 0.2) is 0 Å². The molecule has 0 saturated heterocycles. The molecule has 0 fully saturated rings. The van der Waals surface area contributed by atoms with E-state index in [1.807, 2.05) is 48.5 Å². The molecule has 116 valence electrons. The fourth-order valence-corrected chi connectivity index (χ4v) is 2.76. The van der Waals surface area contributed by atoms with E-state index in [0.717, 1.165) is 22.2 Å². The summed E-state index contributed by atoms with van der Waals surface area (Å²) < 4.78 is 1.33. The quantitative estimate of drug-likeness (QED) is 0.545. The van der Waals surface area contributed by atoms with Crippen LogP contribution in [-0.2, 0) is 0 Å². The lowest BCUT2D eigenvalue weighted by Crippen LogP contribution is -2.13. The Hall–Kier alpha value is -2.98. The van der Waals surface area contributed by atoms with Gasteiger partial charge in [-0.25, -0.2) is 9.67 Å². The van der Waals surface area contributed by atoms with E-state index in [-0.39, 0.29) is 5.91 Å². The highest BCUT2D eigenvalue weighted by molar-refractivity contribution is 6.30. The minimum atomic E-state index is -0.186. The molecule has 0 saturated carbocycles. The zero-order chi connectivity index (χ0) is 16.5. The zero-order valence-corrected chi connectivity index (χ0v) is 13.3. The highest BCUT2D eigenvalue weighted by Crippen LogP contribution is 2.26. The highest BCUT2D eigenvalue weighted by atomic mass is 35.5. The van der Waals surface area contributed by atoms with Gasteiger partial charge in [-0.1, -0.05) is 41.9 Å². The van der Waals surface area contributed by atoms with E-state index in [9.17, 15) is 4.79 Å². The Balaban J connectivity index is 1.94. The molecular formula is C19H12ClN3O. The summed E-state index contributed by atoms with van der Waals surface area (Å²) in [5.74, 6) is -0.186. The first kappa shape index (κ1) is 14.6. The van der Waals surface area contributed by atoms with Crippen LogP contribution in [0.4, 0.5) is 0 Å². The normalized spacial score (nSPS) is 10.9. The topological polar surface area (TPSA) is 47.8 Å². The molecule has 4 rings (SSSR count). The van der Waals surface area contributed by atoms with Crippen LogP contribution < -0.4 is 0 Å². The SMILES string of the molecule is O=C(c1cc(-c2ccc(Cl)cc2)nc2ccccc12)n1cccn1. The molecule has 0 aliphatic carbocycles. The molecule has 24 heavy (non-hydrogen) atoms. The summed E-state index contributed by atoms with van der Waals surface area (Å²) in [6.07, 6.45) is 3.22. The second-order valence-corrected chi connectivity index (χ2v) is 5.77. The Kier molecular flexibility index (Phi) is 3.59. The summed E-state index contributed by atoms with van der Waals surface area (Å²) in [4.78, 5) is 17.5. The van der Waals surface area contributed by atoms with E-state index >= 15 is 0 Å². The van der Waals surface area contributed by atoms with Gasteiger partial charge >= 0.3 is 0 Å². The number of carbonyl (C=O) groups is 1. The molecule has 2 heterocycles. The number of halogens is 1. The molecule has 2 aromatic heterocycles. The predicted molar refractivity (Wildman–Crippen MR) is 94.1 cm³/mol. The molecule has 0 bridgehead atoms. The Morgan fingerprint density at radius 1 is 1.00 bits per heavy atom. The number of fused-ring (bicyclic) bond motifs is 1. The van der Waals surface area contributed by atoms with Crippen LogP contribution in [0, 0.1) is 0 Å². The van der Waals surface area contributed by atoms with E-state index in [4.69, 9.17) is 11.6 Å². The molecule has 0 spiro atoms. The van der Waals surface area contributed by atoms with Crippen molar-refractivity contribution in [1.82, 2.24) is 14.8 Å². The van der Waals surface area contributed by atoms with Crippen LogP contribution in [0.25, 0.3) is 22.2 Å². The van der Waals surface area contributed by atoms with Crippen molar-refractivity contribution in [1.29, 1.82) is 0 Å². The van der Waals surface area contributed by atoms with Gasteiger partial charge < -0.3 is 0 Å². The Morgan fingerprint density at radius 3 is 2.54 bits per heavy atom. The van der Waals surface area contributed by atoms with Crippen molar-refractivity contribution in [3.05, 3.63) is 83.6 Å². The molecule has 0 amide bonds. The second kappa shape index (κ2) is 5.91. The van der Waals surface area contributed by atoms with Crippen LogP contribution in [0.15, 0.2) is 73.1 Å².